The van der Waals surface area contributed by atoms with Crippen molar-refractivity contribution in [3.8, 4) is 0 Å². The molecule has 144 valence electrons. The van der Waals surface area contributed by atoms with Crippen LogP contribution in [0.2, 0.25) is 0 Å². The fraction of sp³-hybridized carbons (Fsp3) is 1.00. The number of rotatable bonds is 5. The second-order valence-corrected chi connectivity index (χ2v) is 10.4. The summed E-state index contributed by atoms with van der Waals surface area (Å²) in [6.45, 7) is 9.17. The molecular formula is C24H42O. The molecule has 8 unspecified atom stereocenters. The van der Waals surface area contributed by atoms with Crippen LogP contribution in [-0.4, -0.2) is 13.2 Å². The minimum atomic E-state index is 0.705. The SMILES string of the molecule is CCCC1CCC2C3CCC4CC(COCC)CCC4C3CCC12C. The van der Waals surface area contributed by atoms with E-state index in [1.165, 1.54) is 32.1 Å². The lowest BCUT2D eigenvalue weighted by atomic mass is 9.49. The molecule has 4 aliphatic rings. The van der Waals surface area contributed by atoms with Crippen molar-refractivity contribution in [1.29, 1.82) is 0 Å². The van der Waals surface area contributed by atoms with Crippen LogP contribution in [-0.2, 0) is 4.74 Å². The van der Waals surface area contributed by atoms with Gasteiger partial charge in [0.15, 0.2) is 0 Å². The third kappa shape index (κ3) is 3.21. The van der Waals surface area contributed by atoms with Crippen LogP contribution in [0.3, 0.4) is 0 Å². The number of ether oxygens (including phenoxy) is 1. The normalized spacial score (nSPS) is 49.3. The third-order valence-electron chi connectivity index (χ3n) is 9.45. The first kappa shape index (κ1) is 18.3. The highest BCUT2D eigenvalue weighted by Gasteiger charge is 2.56. The summed E-state index contributed by atoms with van der Waals surface area (Å²) in [5.74, 6) is 7.28. The number of hydrogen-bond acceptors (Lipinski definition) is 1. The van der Waals surface area contributed by atoms with Gasteiger partial charge in [-0.05, 0) is 112 Å². The lowest BCUT2D eigenvalue weighted by Crippen LogP contribution is -2.48. The van der Waals surface area contributed by atoms with E-state index in [1.54, 1.807) is 38.5 Å². The minimum absolute atomic E-state index is 0.705. The topological polar surface area (TPSA) is 9.23 Å². The maximum atomic E-state index is 5.76. The second kappa shape index (κ2) is 7.53. The van der Waals surface area contributed by atoms with E-state index in [-0.39, 0.29) is 0 Å². The molecule has 1 nitrogen and oxygen atoms in total. The predicted molar refractivity (Wildman–Crippen MR) is 105 cm³/mol. The van der Waals surface area contributed by atoms with Gasteiger partial charge in [-0.2, -0.15) is 0 Å². The van der Waals surface area contributed by atoms with E-state index in [1.807, 2.05) is 0 Å². The van der Waals surface area contributed by atoms with Crippen LogP contribution in [0.4, 0.5) is 0 Å². The van der Waals surface area contributed by atoms with E-state index < -0.39 is 0 Å². The molecule has 4 fully saturated rings. The van der Waals surface area contributed by atoms with Gasteiger partial charge in [0.1, 0.15) is 0 Å². The van der Waals surface area contributed by atoms with Crippen molar-refractivity contribution in [3.05, 3.63) is 0 Å². The average molecular weight is 347 g/mol. The molecule has 0 heterocycles. The van der Waals surface area contributed by atoms with Crippen molar-refractivity contribution < 1.29 is 4.74 Å². The second-order valence-electron chi connectivity index (χ2n) is 10.4. The van der Waals surface area contributed by atoms with E-state index >= 15 is 0 Å². The van der Waals surface area contributed by atoms with Crippen LogP contribution in [0.25, 0.3) is 0 Å². The van der Waals surface area contributed by atoms with Gasteiger partial charge in [-0.15, -0.1) is 0 Å². The van der Waals surface area contributed by atoms with Crippen molar-refractivity contribution in [1.82, 2.24) is 0 Å². The Morgan fingerprint density at radius 3 is 2.52 bits per heavy atom. The van der Waals surface area contributed by atoms with Crippen LogP contribution in [0.1, 0.15) is 91.4 Å². The minimum Gasteiger partial charge on any atom is -0.381 e. The Morgan fingerprint density at radius 2 is 1.72 bits per heavy atom. The Hall–Kier alpha value is -0.0400. The standard InChI is InChI=1S/C24H42O/c1-4-6-19-9-12-23-22-11-8-18-15-17(16-25-5-2)7-10-20(18)21(22)13-14-24(19,23)3/h17-23H,4-16H2,1-3H3. The monoisotopic (exact) mass is 346 g/mol. The van der Waals surface area contributed by atoms with Gasteiger partial charge in [0.25, 0.3) is 0 Å². The largest absolute Gasteiger partial charge is 0.381 e. The summed E-state index contributed by atoms with van der Waals surface area (Å²) < 4.78 is 5.76. The molecule has 0 aromatic rings. The molecule has 25 heavy (non-hydrogen) atoms. The van der Waals surface area contributed by atoms with Gasteiger partial charge < -0.3 is 4.74 Å². The van der Waals surface area contributed by atoms with E-state index in [9.17, 15) is 0 Å². The molecule has 8 atom stereocenters. The van der Waals surface area contributed by atoms with Crippen molar-refractivity contribution in [2.75, 3.05) is 13.2 Å². The highest BCUT2D eigenvalue weighted by atomic mass is 16.5. The van der Waals surface area contributed by atoms with Crippen LogP contribution in [0.15, 0.2) is 0 Å². The molecular weight excluding hydrogens is 304 g/mol. The zero-order chi connectivity index (χ0) is 17.4. The van der Waals surface area contributed by atoms with Gasteiger partial charge in [-0.25, -0.2) is 0 Å². The van der Waals surface area contributed by atoms with Crippen molar-refractivity contribution in [2.45, 2.75) is 91.4 Å². The lowest BCUT2D eigenvalue weighted by molar-refractivity contribution is -0.0734. The Balaban J connectivity index is 1.43. The third-order valence-corrected chi connectivity index (χ3v) is 9.45. The zero-order valence-corrected chi connectivity index (χ0v) is 17.1. The van der Waals surface area contributed by atoms with E-state index in [0.717, 1.165) is 54.6 Å². The molecule has 4 rings (SSSR count). The Bertz CT molecular complexity index is 445. The van der Waals surface area contributed by atoms with Gasteiger partial charge in [0, 0.05) is 13.2 Å². The summed E-state index contributed by atoms with van der Waals surface area (Å²) in [6, 6.07) is 0. The quantitative estimate of drug-likeness (QED) is 0.537. The summed E-state index contributed by atoms with van der Waals surface area (Å²) in [6.07, 6.45) is 16.7. The number of hydrogen-bond donors (Lipinski definition) is 0. The molecule has 4 saturated carbocycles. The van der Waals surface area contributed by atoms with Gasteiger partial charge in [-0.3, -0.25) is 0 Å². The number of fused-ring (bicyclic) bond motifs is 5. The molecule has 0 amide bonds. The summed E-state index contributed by atoms with van der Waals surface area (Å²) >= 11 is 0. The van der Waals surface area contributed by atoms with Crippen LogP contribution in [0, 0.1) is 46.8 Å². The molecule has 0 aromatic carbocycles. The van der Waals surface area contributed by atoms with E-state index in [4.69, 9.17) is 4.74 Å². The van der Waals surface area contributed by atoms with Crippen molar-refractivity contribution >= 4 is 0 Å². The van der Waals surface area contributed by atoms with Gasteiger partial charge in [0.2, 0.25) is 0 Å². The molecule has 0 bridgehead atoms. The molecule has 0 N–H and O–H groups in total. The van der Waals surface area contributed by atoms with Crippen LogP contribution in [0.5, 0.6) is 0 Å². The van der Waals surface area contributed by atoms with E-state index in [0.29, 0.717) is 5.41 Å². The van der Waals surface area contributed by atoms with Gasteiger partial charge in [-0.1, -0.05) is 26.7 Å². The first-order valence-corrected chi connectivity index (χ1v) is 11.7. The first-order chi connectivity index (χ1) is 12.2. The Kier molecular flexibility index (Phi) is 5.52. The summed E-state index contributed by atoms with van der Waals surface area (Å²) in [5.41, 5.74) is 0.705. The summed E-state index contributed by atoms with van der Waals surface area (Å²) in [5, 5.41) is 0. The highest BCUT2D eigenvalue weighted by molar-refractivity contribution is 5.05. The smallest absolute Gasteiger partial charge is 0.0494 e. The van der Waals surface area contributed by atoms with Crippen molar-refractivity contribution in [3.63, 3.8) is 0 Å². The summed E-state index contributed by atoms with van der Waals surface area (Å²) in [4.78, 5) is 0. The maximum Gasteiger partial charge on any atom is 0.0494 e. The van der Waals surface area contributed by atoms with Crippen LogP contribution < -0.4 is 0 Å². The predicted octanol–water partition coefficient (Wildman–Crippen LogP) is 6.71. The van der Waals surface area contributed by atoms with Crippen molar-refractivity contribution in [2.24, 2.45) is 46.8 Å². The first-order valence-electron chi connectivity index (χ1n) is 11.7. The van der Waals surface area contributed by atoms with Crippen LogP contribution >= 0.6 is 0 Å². The maximum absolute atomic E-state index is 5.76. The Labute approximate surface area is 156 Å². The fourth-order valence-corrected chi connectivity index (χ4v) is 8.32. The highest BCUT2D eigenvalue weighted by Crippen LogP contribution is 2.65. The molecule has 0 aliphatic heterocycles. The van der Waals surface area contributed by atoms with Gasteiger partial charge >= 0.3 is 0 Å². The molecule has 0 saturated heterocycles. The molecule has 4 aliphatic carbocycles. The summed E-state index contributed by atoms with van der Waals surface area (Å²) in [7, 11) is 0. The van der Waals surface area contributed by atoms with E-state index in [2.05, 4.69) is 20.8 Å². The lowest BCUT2D eigenvalue weighted by Gasteiger charge is -2.56. The zero-order valence-electron chi connectivity index (χ0n) is 17.1. The average Bonchev–Trinajstić information content (AvgIpc) is 2.96. The molecule has 0 radical (unpaired) electrons. The molecule has 0 spiro atoms. The molecule has 0 aromatic heterocycles. The fourth-order valence-electron chi connectivity index (χ4n) is 8.32. The van der Waals surface area contributed by atoms with Gasteiger partial charge in [0.05, 0.1) is 0 Å². The molecule has 1 heteroatoms. The Morgan fingerprint density at radius 1 is 0.880 bits per heavy atom.